The fourth-order valence-corrected chi connectivity index (χ4v) is 3.48. The summed E-state index contributed by atoms with van der Waals surface area (Å²) in [5.74, 6) is 0. The summed E-state index contributed by atoms with van der Waals surface area (Å²) in [4.78, 5) is 0. The van der Waals surface area contributed by atoms with Crippen molar-refractivity contribution in [2.45, 2.75) is 77.9 Å². The Morgan fingerprint density at radius 2 is 1.57 bits per heavy atom. The third-order valence-electron chi connectivity index (χ3n) is 5.70. The van der Waals surface area contributed by atoms with Crippen molar-refractivity contribution in [1.29, 1.82) is 0 Å². The fourth-order valence-electron chi connectivity index (χ4n) is 3.48. The molecule has 0 N–H and O–H groups in total. The predicted molar refractivity (Wildman–Crippen MR) is 98.0 cm³/mol. The average Bonchev–Trinajstić information content (AvgIpc) is 2.68. The van der Waals surface area contributed by atoms with Crippen LogP contribution in [-0.2, 0) is 9.31 Å². The molecular formula is C20H29BO2. The Morgan fingerprint density at radius 3 is 2.17 bits per heavy atom. The molecule has 2 aliphatic rings. The maximum atomic E-state index is 6.31. The van der Waals surface area contributed by atoms with E-state index >= 15 is 0 Å². The standard InChI is InChI=1S/C20H29BO2/c1-15-10-9-13-17(14-16-11-7-6-8-12-16)18(15)21-22-19(2,3)20(4,5)23-21/h9-10,13-14H,6-8,11-12H2,1-5H3. The summed E-state index contributed by atoms with van der Waals surface area (Å²) in [6.07, 6.45) is 8.86. The van der Waals surface area contributed by atoms with Crippen molar-refractivity contribution in [3.8, 4) is 0 Å². The maximum absolute atomic E-state index is 6.31. The molecule has 1 aromatic rings. The van der Waals surface area contributed by atoms with E-state index in [2.05, 4.69) is 58.9 Å². The molecule has 0 unspecified atom stereocenters. The number of allylic oxidation sites excluding steroid dienone is 1. The van der Waals surface area contributed by atoms with Gasteiger partial charge in [-0.15, -0.1) is 0 Å². The van der Waals surface area contributed by atoms with E-state index in [-0.39, 0.29) is 18.3 Å². The van der Waals surface area contributed by atoms with E-state index in [9.17, 15) is 0 Å². The van der Waals surface area contributed by atoms with E-state index in [4.69, 9.17) is 9.31 Å². The summed E-state index contributed by atoms with van der Waals surface area (Å²) >= 11 is 0. The molecule has 3 heteroatoms. The minimum Gasteiger partial charge on any atom is -0.399 e. The van der Waals surface area contributed by atoms with Gasteiger partial charge in [0.25, 0.3) is 0 Å². The summed E-state index contributed by atoms with van der Waals surface area (Å²) in [6, 6.07) is 6.50. The van der Waals surface area contributed by atoms with Crippen LogP contribution >= 0.6 is 0 Å². The normalized spacial score (nSPS) is 23.2. The van der Waals surface area contributed by atoms with Gasteiger partial charge in [-0.1, -0.05) is 41.8 Å². The number of hydrogen-bond donors (Lipinski definition) is 0. The summed E-state index contributed by atoms with van der Waals surface area (Å²) in [5.41, 5.74) is 4.68. The van der Waals surface area contributed by atoms with Crippen LogP contribution in [-0.4, -0.2) is 18.3 Å². The van der Waals surface area contributed by atoms with E-state index < -0.39 is 0 Å². The van der Waals surface area contributed by atoms with Crippen LogP contribution in [0.5, 0.6) is 0 Å². The lowest BCUT2D eigenvalue weighted by Gasteiger charge is -2.32. The Kier molecular flexibility index (Phi) is 4.46. The molecule has 0 aromatic heterocycles. The van der Waals surface area contributed by atoms with E-state index in [1.54, 1.807) is 5.57 Å². The quantitative estimate of drug-likeness (QED) is 0.741. The van der Waals surface area contributed by atoms with Gasteiger partial charge < -0.3 is 9.31 Å². The zero-order valence-corrected chi connectivity index (χ0v) is 15.2. The molecular weight excluding hydrogens is 283 g/mol. The van der Waals surface area contributed by atoms with Gasteiger partial charge in [0.05, 0.1) is 11.2 Å². The molecule has 2 fully saturated rings. The summed E-state index contributed by atoms with van der Waals surface area (Å²) < 4.78 is 12.6. The highest BCUT2D eigenvalue weighted by Gasteiger charge is 2.52. The Balaban J connectivity index is 1.96. The first kappa shape index (κ1) is 16.8. The van der Waals surface area contributed by atoms with Crippen molar-refractivity contribution in [3.63, 3.8) is 0 Å². The second-order valence-corrected chi connectivity index (χ2v) is 8.03. The molecule has 0 bridgehead atoms. The number of benzene rings is 1. The van der Waals surface area contributed by atoms with Crippen LogP contribution in [0.25, 0.3) is 6.08 Å². The van der Waals surface area contributed by atoms with Crippen LogP contribution in [0.1, 0.15) is 70.9 Å². The van der Waals surface area contributed by atoms with Crippen LogP contribution < -0.4 is 5.46 Å². The Morgan fingerprint density at radius 1 is 0.957 bits per heavy atom. The topological polar surface area (TPSA) is 18.5 Å². The van der Waals surface area contributed by atoms with E-state index in [0.29, 0.717) is 0 Å². The predicted octanol–water partition coefficient (Wildman–Crippen LogP) is 4.64. The maximum Gasteiger partial charge on any atom is 0.495 e. The molecule has 0 radical (unpaired) electrons. The molecule has 1 saturated carbocycles. The third kappa shape index (κ3) is 3.27. The van der Waals surface area contributed by atoms with E-state index in [0.717, 1.165) is 0 Å². The SMILES string of the molecule is Cc1cccc(C=C2CCCCC2)c1B1OC(C)(C)C(C)(C)O1. The molecule has 1 saturated heterocycles. The first-order valence-corrected chi connectivity index (χ1v) is 8.95. The second-order valence-electron chi connectivity index (χ2n) is 8.03. The Labute approximate surface area is 141 Å². The largest absolute Gasteiger partial charge is 0.495 e. The lowest BCUT2D eigenvalue weighted by molar-refractivity contribution is 0.00578. The van der Waals surface area contributed by atoms with Crippen molar-refractivity contribution < 1.29 is 9.31 Å². The van der Waals surface area contributed by atoms with Gasteiger partial charge >= 0.3 is 7.12 Å². The number of aryl methyl sites for hydroxylation is 1. The van der Waals surface area contributed by atoms with Gasteiger partial charge in [-0.3, -0.25) is 0 Å². The Hall–Kier alpha value is -1.06. The van der Waals surface area contributed by atoms with Crippen LogP contribution in [0.4, 0.5) is 0 Å². The Bertz CT molecular complexity index is 592. The van der Waals surface area contributed by atoms with Crippen molar-refractivity contribution in [2.24, 2.45) is 0 Å². The van der Waals surface area contributed by atoms with Crippen molar-refractivity contribution in [3.05, 3.63) is 34.9 Å². The van der Waals surface area contributed by atoms with Crippen molar-refractivity contribution >= 4 is 18.7 Å². The summed E-state index contributed by atoms with van der Waals surface area (Å²) in [7, 11) is -0.281. The molecule has 2 nitrogen and oxygen atoms in total. The summed E-state index contributed by atoms with van der Waals surface area (Å²) in [6.45, 7) is 10.6. The van der Waals surface area contributed by atoms with E-state index in [1.807, 2.05) is 0 Å². The molecule has 3 rings (SSSR count). The molecule has 1 heterocycles. The monoisotopic (exact) mass is 312 g/mol. The fraction of sp³-hybridized carbons (Fsp3) is 0.600. The summed E-state index contributed by atoms with van der Waals surface area (Å²) in [5, 5.41) is 0. The molecule has 1 aliphatic carbocycles. The second kappa shape index (κ2) is 6.10. The minimum absolute atomic E-state index is 0.281. The highest BCUT2D eigenvalue weighted by Crippen LogP contribution is 2.37. The van der Waals surface area contributed by atoms with Gasteiger partial charge in [0.15, 0.2) is 0 Å². The zero-order chi connectivity index (χ0) is 16.7. The van der Waals surface area contributed by atoms with Crippen molar-refractivity contribution in [1.82, 2.24) is 0 Å². The first-order chi connectivity index (χ1) is 10.8. The smallest absolute Gasteiger partial charge is 0.399 e. The highest BCUT2D eigenvalue weighted by molar-refractivity contribution is 6.63. The van der Waals surface area contributed by atoms with E-state index in [1.165, 1.54) is 48.7 Å². The molecule has 1 aliphatic heterocycles. The van der Waals surface area contributed by atoms with Crippen LogP contribution in [0.3, 0.4) is 0 Å². The van der Waals surface area contributed by atoms with Crippen molar-refractivity contribution in [2.75, 3.05) is 0 Å². The van der Waals surface area contributed by atoms with Gasteiger partial charge in [-0.05, 0) is 71.3 Å². The van der Waals surface area contributed by atoms with Gasteiger partial charge in [-0.25, -0.2) is 0 Å². The molecule has 0 spiro atoms. The molecule has 23 heavy (non-hydrogen) atoms. The van der Waals surface area contributed by atoms with Gasteiger partial charge in [0, 0.05) is 0 Å². The molecule has 0 atom stereocenters. The molecule has 0 amide bonds. The van der Waals surface area contributed by atoms with Crippen LogP contribution in [0.2, 0.25) is 0 Å². The molecule has 124 valence electrons. The average molecular weight is 312 g/mol. The molecule has 1 aromatic carbocycles. The lowest BCUT2D eigenvalue weighted by atomic mass is 9.72. The van der Waals surface area contributed by atoms with Gasteiger partial charge in [-0.2, -0.15) is 0 Å². The third-order valence-corrected chi connectivity index (χ3v) is 5.70. The van der Waals surface area contributed by atoms with Gasteiger partial charge in [0.2, 0.25) is 0 Å². The zero-order valence-electron chi connectivity index (χ0n) is 15.2. The van der Waals surface area contributed by atoms with Crippen LogP contribution in [0, 0.1) is 6.92 Å². The van der Waals surface area contributed by atoms with Crippen LogP contribution in [0.15, 0.2) is 23.8 Å². The lowest BCUT2D eigenvalue weighted by Crippen LogP contribution is -2.41. The highest BCUT2D eigenvalue weighted by atomic mass is 16.7. The van der Waals surface area contributed by atoms with Gasteiger partial charge in [0.1, 0.15) is 0 Å². The minimum atomic E-state index is -0.296. The first-order valence-electron chi connectivity index (χ1n) is 8.95. The number of rotatable bonds is 2. The number of hydrogen-bond acceptors (Lipinski definition) is 2.